The summed E-state index contributed by atoms with van der Waals surface area (Å²) in [5.41, 5.74) is 0.565. The summed E-state index contributed by atoms with van der Waals surface area (Å²) >= 11 is 3.37. The minimum Gasteiger partial charge on any atom is -0.504 e. The molecule has 1 aromatic rings. The topological polar surface area (TPSA) is 44.7 Å². The van der Waals surface area contributed by atoms with Crippen molar-refractivity contribution in [2.24, 2.45) is 0 Å². The molecule has 1 aliphatic heterocycles. The summed E-state index contributed by atoms with van der Waals surface area (Å²) < 4.78 is 19.3. The molecule has 114 valence electrons. The average molecular weight is 370 g/mol. The van der Waals surface area contributed by atoms with Crippen molar-refractivity contribution in [1.29, 1.82) is 0 Å². The summed E-state index contributed by atoms with van der Waals surface area (Å²) in [5, 5.41) is 13.4. The van der Waals surface area contributed by atoms with Crippen molar-refractivity contribution in [2.45, 2.75) is 6.04 Å². The van der Waals surface area contributed by atoms with Gasteiger partial charge in [0.1, 0.15) is 6.67 Å². The second kappa shape index (κ2) is 8.02. The highest BCUT2D eigenvalue weighted by atomic mass is 79.9. The van der Waals surface area contributed by atoms with Crippen LogP contribution in [0.2, 0.25) is 0 Å². The molecule has 0 aliphatic carbocycles. The smallest absolute Gasteiger partial charge is 0.162 e. The SMILES string of the molecule is COc1cc(Br)cc([C@@H](CF)N2CCNCC2)c1O.Cl. The van der Waals surface area contributed by atoms with Gasteiger partial charge in [-0.25, -0.2) is 4.39 Å². The molecule has 2 N–H and O–H groups in total. The Balaban J connectivity index is 0.00000200. The van der Waals surface area contributed by atoms with Crippen molar-refractivity contribution >= 4 is 28.3 Å². The first-order valence-corrected chi connectivity index (χ1v) is 7.03. The van der Waals surface area contributed by atoms with Crippen LogP contribution < -0.4 is 10.1 Å². The first kappa shape index (κ1) is 17.5. The molecule has 1 atom stereocenters. The molecular formula is C13H19BrClFN2O2. The van der Waals surface area contributed by atoms with Gasteiger partial charge in [0.05, 0.1) is 13.2 Å². The molecule has 0 bridgehead atoms. The quantitative estimate of drug-likeness (QED) is 0.856. The third-order valence-corrected chi connectivity index (χ3v) is 3.84. The number of ether oxygens (including phenoxy) is 1. The van der Waals surface area contributed by atoms with Crippen molar-refractivity contribution < 1.29 is 14.2 Å². The van der Waals surface area contributed by atoms with E-state index < -0.39 is 12.7 Å². The molecule has 2 rings (SSSR count). The lowest BCUT2D eigenvalue weighted by atomic mass is 10.0. The van der Waals surface area contributed by atoms with Gasteiger partial charge in [-0.15, -0.1) is 12.4 Å². The summed E-state index contributed by atoms with van der Waals surface area (Å²) in [6.07, 6.45) is 0. The normalized spacial score (nSPS) is 17.4. The van der Waals surface area contributed by atoms with Crippen LogP contribution in [0.3, 0.4) is 0 Å². The van der Waals surface area contributed by atoms with Gasteiger partial charge < -0.3 is 15.2 Å². The number of nitrogens with one attached hydrogen (secondary N) is 1. The van der Waals surface area contributed by atoms with Crippen molar-refractivity contribution in [3.05, 3.63) is 22.2 Å². The third-order valence-electron chi connectivity index (χ3n) is 3.39. The third kappa shape index (κ3) is 3.75. The number of aromatic hydroxyl groups is 1. The zero-order valence-electron chi connectivity index (χ0n) is 11.2. The number of phenolic OH excluding ortho intramolecular Hbond substituents is 1. The van der Waals surface area contributed by atoms with E-state index in [0.717, 1.165) is 30.7 Å². The van der Waals surface area contributed by atoms with E-state index in [1.54, 1.807) is 12.1 Å². The number of rotatable bonds is 4. The second-order valence-corrected chi connectivity index (χ2v) is 5.42. The minimum atomic E-state index is -0.535. The number of nitrogens with zero attached hydrogens (tertiary/aromatic N) is 1. The first-order chi connectivity index (χ1) is 9.17. The second-order valence-electron chi connectivity index (χ2n) is 4.50. The van der Waals surface area contributed by atoms with E-state index in [9.17, 15) is 9.50 Å². The highest BCUT2D eigenvalue weighted by Crippen LogP contribution is 2.39. The van der Waals surface area contributed by atoms with Gasteiger partial charge in [0.15, 0.2) is 11.5 Å². The fraction of sp³-hybridized carbons (Fsp3) is 0.538. The molecule has 0 saturated carbocycles. The number of hydrogen-bond acceptors (Lipinski definition) is 4. The molecular weight excluding hydrogens is 351 g/mol. The number of piperazine rings is 1. The van der Waals surface area contributed by atoms with Crippen LogP contribution in [-0.2, 0) is 0 Å². The molecule has 0 aromatic heterocycles. The molecule has 0 unspecified atom stereocenters. The molecule has 20 heavy (non-hydrogen) atoms. The highest BCUT2D eigenvalue weighted by Gasteiger charge is 2.26. The monoisotopic (exact) mass is 368 g/mol. The van der Waals surface area contributed by atoms with E-state index in [4.69, 9.17) is 4.74 Å². The largest absolute Gasteiger partial charge is 0.504 e. The standard InChI is InChI=1S/C13H18BrFN2O2.ClH/c1-19-12-7-9(14)6-10(13(12)18)11(8-15)17-4-2-16-3-5-17;/h6-7,11,16,18H,2-5,8H2,1H3;1H/t11-;/m1./s1. The Labute approximate surface area is 132 Å². The van der Waals surface area contributed by atoms with Crippen molar-refractivity contribution in [2.75, 3.05) is 40.0 Å². The van der Waals surface area contributed by atoms with Crippen molar-refractivity contribution in [3.8, 4) is 11.5 Å². The maximum absolute atomic E-state index is 13.4. The number of methoxy groups -OCH3 is 1. The molecule has 1 heterocycles. The highest BCUT2D eigenvalue weighted by molar-refractivity contribution is 9.10. The predicted octanol–water partition coefficient (Wildman–Crippen LogP) is 2.50. The van der Waals surface area contributed by atoms with Gasteiger partial charge in [-0.2, -0.15) is 0 Å². The summed E-state index contributed by atoms with van der Waals surface area (Å²) in [6.45, 7) is 2.67. The summed E-state index contributed by atoms with van der Waals surface area (Å²) in [6, 6.07) is 2.99. The van der Waals surface area contributed by atoms with Gasteiger partial charge in [-0.05, 0) is 12.1 Å². The van der Waals surface area contributed by atoms with Gasteiger partial charge in [0.2, 0.25) is 0 Å². The minimum absolute atomic E-state index is 0. The number of phenols is 1. The lowest BCUT2D eigenvalue weighted by Gasteiger charge is -2.34. The van der Waals surface area contributed by atoms with Crippen LogP contribution in [0, 0.1) is 0 Å². The lowest BCUT2D eigenvalue weighted by Crippen LogP contribution is -2.45. The summed E-state index contributed by atoms with van der Waals surface area (Å²) in [4.78, 5) is 2.04. The van der Waals surface area contributed by atoms with Crippen LogP contribution >= 0.6 is 28.3 Å². The number of halogens is 3. The van der Waals surface area contributed by atoms with Gasteiger partial charge in [-0.1, -0.05) is 15.9 Å². The van der Waals surface area contributed by atoms with E-state index in [1.165, 1.54) is 7.11 Å². The Morgan fingerprint density at radius 3 is 2.65 bits per heavy atom. The van der Waals surface area contributed by atoms with Crippen LogP contribution in [0.4, 0.5) is 4.39 Å². The maximum atomic E-state index is 13.4. The van der Waals surface area contributed by atoms with Crippen LogP contribution in [0.15, 0.2) is 16.6 Å². The molecule has 7 heteroatoms. The molecule has 1 fully saturated rings. The summed E-state index contributed by atoms with van der Waals surface area (Å²) in [7, 11) is 1.49. The molecule has 0 radical (unpaired) electrons. The van der Waals surface area contributed by atoms with E-state index in [-0.39, 0.29) is 18.2 Å². The van der Waals surface area contributed by atoms with E-state index in [1.807, 2.05) is 4.90 Å². The Hall–Kier alpha value is -0.560. The molecule has 1 aromatic carbocycles. The first-order valence-electron chi connectivity index (χ1n) is 6.24. The van der Waals surface area contributed by atoms with E-state index in [0.29, 0.717) is 11.3 Å². The molecule has 1 aliphatic rings. The van der Waals surface area contributed by atoms with Crippen LogP contribution in [0.1, 0.15) is 11.6 Å². The van der Waals surface area contributed by atoms with Gasteiger partial charge in [0.25, 0.3) is 0 Å². The van der Waals surface area contributed by atoms with E-state index in [2.05, 4.69) is 21.2 Å². The Morgan fingerprint density at radius 2 is 2.10 bits per heavy atom. The number of alkyl halides is 1. The zero-order chi connectivity index (χ0) is 13.8. The van der Waals surface area contributed by atoms with Gasteiger partial charge >= 0.3 is 0 Å². The maximum Gasteiger partial charge on any atom is 0.162 e. The summed E-state index contributed by atoms with van der Waals surface area (Å²) in [5.74, 6) is 0.379. The number of hydrogen-bond donors (Lipinski definition) is 2. The van der Waals surface area contributed by atoms with E-state index >= 15 is 0 Å². The van der Waals surface area contributed by atoms with Crippen LogP contribution in [0.25, 0.3) is 0 Å². The van der Waals surface area contributed by atoms with Crippen LogP contribution in [0.5, 0.6) is 11.5 Å². The Bertz CT molecular complexity index is 445. The molecule has 4 nitrogen and oxygen atoms in total. The molecule has 0 spiro atoms. The lowest BCUT2D eigenvalue weighted by molar-refractivity contribution is 0.144. The van der Waals surface area contributed by atoms with Crippen LogP contribution in [-0.4, -0.2) is 50.0 Å². The zero-order valence-corrected chi connectivity index (χ0v) is 13.6. The fourth-order valence-corrected chi connectivity index (χ4v) is 2.83. The average Bonchev–Trinajstić information content (AvgIpc) is 2.44. The Kier molecular flexibility index (Phi) is 7.02. The molecule has 1 saturated heterocycles. The van der Waals surface area contributed by atoms with Crippen molar-refractivity contribution in [3.63, 3.8) is 0 Å². The Morgan fingerprint density at radius 1 is 1.45 bits per heavy atom. The number of benzene rings is 1. The van der Waals surface area contributed by atoms with Gasteiger partial charge in [-0.3, -0.25) is 4.90 Å². The fourth-order valence-electron chi connectivity index (χ4n) is 2.38. The molecule has 0 amide bonds. The van der Waals surface area contributed by atoms with Gasteiger partial charge in [0, 0.05) is 36.2 Å². The van der Waals surface area contributed by atoms with Crippen molar-refractivity contribution in [1.82, 2.24) is 10.2 Å². The predicted molar refractivity (Wildman–Crippen MR) is 82.8 cm³/mol.